The van der Waals surface area contributed by atoms with Gasteiger partial charge in [-0.15, -0.1) is 0 Å². The van der Waals surface area contributed by atoms with Crippen molar-refractivity contribution >= 4 is 0 Å². The molecule has 71 valence electrons. The average molecular weight is 180 g/mol. The molecule has 3 N–H and O–H groups in total. The summed E-state index contributed by atoms with van der Waals surface area (Å²) in [5.74, 6) is 0.690. The fraction of sp³-hybridized carbons (Fsp3) is 0.300. The Labute approximate surface area is 78.1 Å². The van der Waals surface area contributed by atoms with Crippen molar-refractivity contribution in [1.29, 1.82) is 0 Å². The quantitative estimate of drug-likeness (QED) is 0.712. The van der Waals surface area contributed by atoms with Gasteiger partial charge < -0.3 is 15.6 Å². The zero-order chi connectivity index (χ0) is 9.68. The van der Waals surface area contributed by atoms with Gasteiger partial charge in [-0.1, -0.05) is 18.2 Å². The molecule has 1 aromatic rings. The van der Waals surface area contributed by atoms with Gasteiger partial charge in [0.05, 0.1) is 0 Å². The second kappa shape index (κ2) is 4.84. The predicted octanol–water partition coefficient (Wildman–Crippen LogP) is 0.567. The van der Waals surface area contributed by atoms with E-state index in [9.17, 15) is 0 Å². The Morgan fingerprint density at radius 3 is 2.77 bits per heavy atom. The zero-order valence-electron chi connectivity index (χ0n) is 7.44. The van der Waals surface area contributed by atoms with Crippen molar-refractivity contribution < 1.29 is 9.84 Å². The Hall–Kier alpha value is -1.06. The number of ether oxygens (including phenoxy) is 1. The smallest absolute Gasteiger partial charge is 0.122 e. The van der Waals surface area contributed by atoms with E-state index in [0.717, 1.165) is 5.56 Å². The van der Waals surface area contributed by atoms with Crippen molar-refractivity contribution in [2.24, 2.45) is 5.73 Å². The lowest BCUT2D eigenvalue weighted by molar-refractivity contribution is 0.114. The number of nitrogens with two attached hydrogens (primary N) is 1. The molecule has 0 spiro atoms. The highest BCUT2D eigenvalue weighted by atomic mass is 16.5. The third kappa shape index (κ3) is 3.05. The van der Waals surface area contributed by atoms with E-state index >= 15 is 0 Å². The Morgan fingerprint density at radius 2 is 2.15 bits per heavy atom. The highest BCUT2D eigenvalue weighted by Crippen LogP contribution is 2.15. The Bertz CT molecular complexity index is 263. The first kappa shape index (κ1) is 10.0. The van der Waals surface area contributed by atoms with Crippen LogP contribution in [0.15, 0.2) is 24.3 Å². The number of aliphatic hydroxyl groups is 1. The van der Waals surface area contributed by atoms with E-state index in [1.54, 1.807) is 0 Å². The third-order valence-corrected chi connectivity index (χ3v) is 1.68. The highest BCUT2D eigenvalue weighted by molar-refractivity contribution is 5.35. The van der Waals surface area contributed by atoms with Gasteiger partial charge in [-0.05, 0) is 18.6 Å². The maximum Gasteiger partial charge on any atom is 0.122 e. The minimum absolute atomic E-state index is 0.208. The van der Waals surface area contributed by atoms with E-state index in [1.165, 1.54) is 0 Å². The molecule has 3 nitrogen and oxygen atoms in total. The van der Waals surface area contributed by atoms with Crippen molar-refractivity contribution in [2.75, 3.05) is 13.2 Å². The molecule has 0 heterocycles. The summed E-state index contributed by atoms with van der Waals surface area (Å²) < 4.78 is 5.30. The van der Waals surface area contributed by atoms with Crippen LogP contribution in [-0.4, -0.2) is 24.4 Å². The van der Waals surface area contributed by atoms with E-state index < -0.39 is 6.10 Å². The molecule has 0 bridgehead atoms. The standard InChI is InChI=1S/C10H14NO2/c1-8-4-2-3-5-10(8)13-7-9(12)6-11/h2-5,9,12H,1,6-7,11H2. The van der Waals surface area contributed by atoms with Gasteiger partial charge in [0.25, 0.3) is 0 Å². The summed E-state index contributed by atoms with van der Waals surface area (Å²) >= 11 is 0. The first-order valence-electron chi connectivity index (χ1n) is 4.16. The molecule has 0 amide bonds. The van der Waals surface area contributed by atoms with Crippen molar-refractivity contribution in [3.8, 4) is 5.75 Å². The van der Waals surface area contributed by atoms with Crippen LogP contribution in [0.5, 0.6) is 5.75 Å². The predicted molar refractivity (Wildman–Crippen MR) is 51.5 cm³/mol. The number of hydrogen-bond donors (Lipinski definition) is 2. The summed E-state index contributed by atoms with van der Waals surface area (Å²) in [5.41, 5.74) is 6.04. The summed E-state index contributed by atoms with van der Waals surface area (Å²) in [6.45, 7) is 4.21. The van der Waals surface area contributed by atoms with Gasteiger partial charge >= 0.3 is 0 Å². The molecule has 0 aliphatic carbocycles. The fourth-order valence-electron chi connectivity index (χ4n) is 0.899. The number of hydrogen-bond acceptors (Lipinski definition) is 3. The Morgan fingerprint density at radius 1 is 1.46 bits per heavy atom. The summed E-state index contributed by atoms with van der Waals surface area (Å²) in [6.07, 6.45) is -0.611. The molecule has 3 heteroatoms. The van der Waals surface area contributed by atoms with E-state index in [4.69, 9.17) is 15.6 Å². The van der Waals surface area contributed by atoms with Crippen LogP contribution in [-0.2, 0) is 0 Å². The molecule has 0 saturated carbocycles. The minimum Gasteiger partial charge on any atom is -0.491 e. The van der Waals surface area contributed by atoms with Crippen LogP contribution in [0.25, 0.3) is 0 Å². The van der Waals surface area contributed by atoms with Crippen LogP contribution in [0.4, 0.5) is 0 Å². The molecule has 1 radical (unpaired) electrons. The topological polar surface area (TPSA) is 55.5 Å². The lowest BCUT2D eigenvalue weighted by atomic mass is 10.2. The normalized spacial score (nSPS) is 12.5. The van der Waals surface area contributed by atoms with Crippen LogP contribution in [0.2, 0.25) is 0 Å². The maximum absolute atomic E-state index is 9.14. The monoisotopic (exact) mass is 180 g/mol. The first-order chi connectivity index (χ1) is 6.24. The highest BCUT2D eigenvalue weighted by Gasteiger charge is 2.03. The van der Waals surface area contributed by atoms with Crippen LogP contribution in [0, 0.1) is 6.92 Å². The van der Waals surface area contributed by atoms with E-state index in [1.807, 2.05) is 24.3 Å². The Balaban J connectivity index is 2.50. The number of benzene rings is 1. The minimum atomic E-state index is -0.611. The van der Waals surface area contributed by atoms with Gasteiger partial charge in [-0.3, -0.25) is 0 Å². The molecular formula is C10H14NO2. The summed E-state index contributed by atoms with van der Waals surface area (Å²) in [6, 6.07) is 7.41. The van der Waals surface area contributed by atoms with Gasteiger partial charge in [0, 0.05) is 6.54 Å². The molecule has 0 aromatic heterocycles. The van der Waals surface area contributed by atoms with Gasteiger partial charge in [0.2, 0.25) is 0 Å². The summed E-state index contributed by atoms with van der Waals surface area (Å²) in [4.78, 5) is 0. The van der Waals surface area contributed by atoms with Crippen LogP contribution < -0.4 is 10.5 Å². The lowest BCUT2D eigenvalue weighted by Crippen LogP contribution is -2.26. The van der Waals surface area contributed by atoms with Crippen LogP contribution in [0.3, 0.4) is 0 Å². The molecule has 0 saturated heterocycles. The largest absolute Gasteiger partial charge is 0.491 e. The summed E-state index contributed by atoms with van der Waals surface area (Å²) in [7, 11) is 0. The molecule has 1 aromatic carbocycles. The molecule has 0 aliphatic rings. The third-order valence-electron chi connectivity index (χ3n) is 1.68. The van der Waals surface area contributed by atoms with Crippen molar-refractivity contribution in [1.82, 2.24) is 0 Å². The van der Waals surface area contributed by atoms with Gasteiger partial charge in [0.15, 0.2) is 0 Å². The van der Waals surface area contributed by atoms with Gasteiger partial charge in [0.1, 0.15) is 18.5 Å². The molecule has 1 atom stereocenters. The lowest BCUT2D eigenvalue weighted by Gasteiger charge is -2.11. The maximum atomic E-state index is 9.14. The molecule has 1 unspecified atom stereocenters. The number of para-hydroxylation sites is 1. The fourth-order valence-corrected chi connectivity index (χ4v) is 0.899. The van der Waals surface area contributed by atoms with Crippen molar-refractivity contribution in [3.63, 3.8) is 0 Å². The zero-order valence-corrected chi connectivity index (χ0v) is 7.44. The second-order valence-electron chi connectivity index (χ2n) is 2.81. The second-order valence-corrected chi connectivity index (χ2v) is 2.81. The van der Waals surface area contributed by atoms with Gasteiger partial charge in [-0.25, -0.2) is 0 Å². The molecule has 0 fully saturated rings. The summed E-state index contributed by atoms with van der Waals surface area (Å²) in [5, 5.41) is 9.14. The molecule has 0 aliphatic heterocycles. The average Bonchev–Trinajstić information content (AvgIpc) is 2.16. The first-order valence-corrected chi connectivity index (χ1v) is 4.16. The molecule has 13 heavy (non-hydrogen) atoms. The van der Waals surface area contributed by atoms with Crippen molar-refractivity contribution in [2.45, 2.75) is 6.10 Å². The SMILES string of the molecule is [CH2]c1ccccc1OCC(O)CN. The van der Waals surface area contributed by atoms with Crippen LogP contribution in [0.1, 0.15) is 5.56 Å². The Kier molecular flexibility index (Phi) is 3.73. The molecule has 1 rings (SSSR count). The van der Waals surface area contributed by atoms with Gasteiger partial charge in [-0.2, -0.15) is 0 Å². The van der Waals surface area contributed by atoms with E-state index in [0.29, 0.717) is 5.75 Å². The van der Waals surface area contributed by atoms with E-state index in [2.05, 4.69) is 6.92 Å². The number of rotatable bonds is 4. The van der Waals surface area contributed by atoms with Crippen LogP contribution >= 0.6 is 0 Å². The van der Waals surface area contributed by atoms with Crippen molar-refractivity contribution in [3.05, 3.63) is 36.8 Å². The van der Waals surface area contributed by atoms with E-state index in [-0.39, 0.29) is 13.2 Å². The number of aliphatic hydroxyl groups excluding tert-OH is 1. The molecular weight excluding hydrogens is 166 g/mol.